The summed E-state index contributed by atoms with van der Waals surface area (Å²) in [5.41, 5.74) is -1.42. The second kappa shape index (κ2) is 14.5. The molecule has 1 aliphatic rings. The van der Waals surface area contributed by atoms with Crippen LogP contribution in [0.1, 0.15) is 59.8 Å². The number of aromatic amines is 1. The smallest absolute Gasteiger partial charge is 0.416 e. The molecule has 2 atom stereocenters. The fourth-order valence-corrected chi connectivity index (χ4v) is 5.48. The van der Waals surface area contributed by atoms with Gasteiger partial charge in [-0.3, -0.25) is 9.80 Å². The summed E-state index contributed by atoms with van der Waals surface area (Å²) in [6.45, 7) is 3.08. The number of carbonyl (C=O) groups is 2. The van der Waals surface area contributed by atoms with Crippen LogP contribution in [0.15, 0.2) is 42.9 Å². The van der Waals surface area contributed by atoms with Crippen molar-refractivity contribution in [2.24, 2.45) is 0 Å². The Labute approximate surface area is 266 Å². The fraction of sp³-hybridized carbons (Fsp3) is 0.452. The molecule has 16 heteroatoms. The van der Waals surface area contributed by atoms with Gasteiger partial charge in [0.05, 0.1) is 63.2 Å². The predicted octanol–water partition coefficient (Wildman–Crippen LogP) is 7.28. The van der Waals surface area contributed by atoms with Gasteiger partial charge < -0.3 is 23.9 Å². The fourth-order valence-electron chi connectivity index (χ4n) is 5.48. The number of hydrogen-bond donors (Lipinski definition) is 1. The molecule has 256 valence electrons. The summed E-state index contributed by atoms with van der Waals surface area (Å²) in [5, 5.41) is 0. The van der Waals surface area contributed by atoms with E-state index in [4.69, 9.17) is 18.9 Å². The highest BCUT2D eigenvalue weighted by Crippen LogP contribution is 2.45. The molecule has 1 N–H and O–H groups in total. The normalized spacial score (nSPS) is 16.4. The number of methoxy groups -OCH3 is 2. The molecule has 0 radical (unpaired) electrons. The van der Waals surface area contributed by atoms with Gasteiger partial charge >= 0.3 is 24.5 Å². The van der Waals surface area contributed by atoms with Crippen LogP contribution in [-0.2, 0) is 46.1 Å². The predicted molar refractivity (Wildman–Crippen MR) is 156 cm³/mol. The van der Waals surface area contributed by atoms with Crippen molar-refractivity contribution in [1.82, 2.24) is 14.9 Å². The van der Waals surface area contributed by atoms with E-state index in [-0.39, 0.29) is 25.7 Å². The van der Waals surface area contributed by atoms with E-state index in [1.165, 1.54) is 12.0 Å². The lowest BCUT2D eigenvalue weighted by molar-refractivity contribution is -0.143. The topological polar surface area (TPSA) is 106 Å². The molecule has 4 rings (SSSR count). The van der Waals surface area contributed by atoms with Crippen molar-refractivity contribution in [2.75, 3.05) is 32.3 Å². The van der Waals surface area contributed by atoms with E-state index in [1.54, 1.807) is 38.5 Å². The lowest BCUT2D eigenvalue weighted by Crippen LogP contribution is -2.47. The summed E-state index contributed by atoms with van der Waals surface area (Å²) in [6.07, 6.45) is -8.07. The van der Waals surface area contributed by atoms with Crippen LogP contribution in [-0.4, -0.2) is 60.5 Å². The van der Waals surface area contributed by atoms with E-state index in [0.29, 0.717) is 47.7 Å². The third-order valence-corrected chi connectivity index (χ3v) is 7.63. The van der Waals surface area contributed by atoms with E-state index in [0.717, 1.165) is 17.7 Å². The number of fused-ring (bicyclic) bond motifs is 1. The summed E-state index contributed by atoms with van der Waals surface area (Å²) >= 11 is 0. The number of aromatic nitrogens is 2. The van der Waals surface area contributed by atoms with E-state index in [1.807, 2.05) is 0 Å². The van der Waals surface area contributed by atoms with E-state index >= 15 is 0 Å². The first-order valence-electron chi connectivity index (χ1n) is 14.5. The van der Waals surface area contributed by atoms with Crippen LogP contribution in [0.25, 0.3) is 0 Å². The minimum Gasteiger partial charge on any atom is -0.496 e. The highest BCUT2D eigenvalue weighted by atomic mass is 19.4. The number of carbonyl (C=O) groups excluding carboxylic acids is 2. The first-order valence-corrected chi connectivity index (χ1v) is 14.5. The average molecular weight is 673 g/mol. The summed E-state index contributed by atoms with van der Waals surface area (Å²) < 4.78 is 104. The number of hydrogen-bond acceptors (Lipinski definition) is 7. The van der Waals surface area contributed by atoms with Gasteiger partial charge in [-0.15, -0.1) is 0 Å². The maximum atomic E-state index is 13.6. The van der Waals surface area contributed by atoms with Crippen LogP contribution in [0.3, 0.4) is 0 Å². The molecule has 0 saturated carbocycles. The number of imidazole rings is 1. The first kappa shape index (κ1) is 35.4. The lowest BCUT2D eigenvalue weighted by Gasteiger charge is -2.43. The van der Waals surface area contributed by atoms with Crippen molar-refractivity contribution in [1.29, 1.82) is 0 Å². The minimum absolute atomic E-state index is 0.0185. The molecule has 0 fully saturated rings. The van der Waals surface area contributed by atoms with Crippen molar-refractivity contribution >= 4 is 17.9 Å². The van der Waals surface area contributed by atoms with Crippen LogP contribution in [0, 0.1) is 0 Å². The Morgan fingerprint density at radius 2 is 1.72 bits per heavy atom. The molecule has 2 aromatic carbocycles. The number of ether oxygens (including phenoxy) is 4. The Morgan fingerprint density at radius 3 is 2.28 bits per heavy atom. The summed E-state index contributed by atoms with van der Waals surface area (Å²) in [5.74, 6) is 0.317. The Hall–Kier alpha value is -4.47. The number of anilines is 1. The number of benzene rings is 2. The van der Waals surface area contributed by atoms with Gasteiger partial charge in [-0.25, -0.2) is 14.6 Å². The molecule has 0 aliphatic carbocycles. The zero-order valence-electron chi connectivity index (χ0n) is 26.0. The largest absolute Gasteiger partial charge is 0.496 e. The number of amides is 2. The Kier molecular flexibility index (Phi) is 10.9. The van der Waals surface area contributed by atoms with Gasteiger partial charge in [0.25, 0.3) is 0 Å². The molecule has 1 aromatic heterocycles. The Morgan fingerprint density at radius 1 is 1.04 bits per heavy atom. The summed E-state index contributed by atoms with van der Waals surface area (Å²) in [7, 11) is 2.45. The Bertz CT molecular complexity index is 1510. The standard InChI is InChI=1S/C31H34F6N4O6/c1-5-47-29(43)41-18(2)8-25(24-13-27(44-3)20(11-26(24)41)16-46-7-6-23-14-38-17-39-23)40(28(42)45-4)15-19-9-21(30(32,33)34)12-22(10-19)31(35,36)37/h9-14,17-18,25H,5-8,15-16H2,1-4H3,(H,38,39)/t18-,25+/m1/s1. The number of H-pyrrole nitrogens is 1. The number of nitrogens with zero attached hydrogens (tertiary/aromatic N) is 3. The molecule has 0 unspecified atom stereocenters. The zero-order valence-corrected chi connectivity index (χ0v) is 26.0. The number of halogens is 6. The third-order valence-electron chi connectivity index (χ3n) is 7.63. The molecular formula is C31H34F6N4O6. The van der Waals surface area contributed by atoms with Crippen LogP contribution in [0.5, 0.6) is 5.75 Å². The van der Waals surface area contributed by atoms with Crippen molar-refractivity contribution in [3.8, 4) is 5.75 Å². The number of nitrogens with one attached hydrogen (secondary N) is 1. The van der Waals surface area contributed by atoms with E-state index in [9.17, 15) is 35.9 Å². The van der Waals surface area contributed by atoms with Gasteiger partial charge in [-0.2, -0.15) is 26.3 Å². The molecule has 2 amide bonds. The average Bonchev–Trinajstić information content (AvgIpc) is 3.53. The molecular weight excluding hydrogens is 638 g/mol. The van der Waals surface area contributed by atoms with Gasteiger partial charge in [0.15, 0.2) is 0 Å². The van der Waals surface area contributed by atoms with Crippen molar-refractivity contribution in [3.63, 3.8) is 0 Å². The highest BCUT2D eigenvalue weighted by molar-refractivity contribution is 5.91. The number of rotatable bonds is 10. The highest BCUT2D eigenvalue weighted by Gasteiger charge is 2.41. The SMILES string of the molecule is CCOC(=O)N1c2cc(COCCc3cnc[nH]3)c(OC)cc2[C@@H](N(Cc2cc(C(F)(F)F)cc(C(F)(F)F)c2)C(=O)OC)C[C@H]1C. The summed E-state index contributed by atoms with van der Waals surface area (Å²) in [6, 6.07) is 2.74. The zero-order chi connectivity index (χ0) is 34.5. The lowest BCUT2D eigenvalue weighted by atomic mass is 9.89. The summed E-state index contributed by atoms with van der Waals surface area (Å²) in [4.78, 5) is 35.7. The van der Waals surface area contributed by atoms with E-state index in [2.05, 4.69) is 9.97 Å². The maximum Gasteiger partial charge on any atom is 0.416 e. The van der Waals surface area contributed by atoms with Gasteiger partial charge in [0, 0.05) is 42.0 Å². The van der Waals surface area contributed by atoms with E-state index < -0.39 is 59.9 Å². The molecule has 0 bridgehead atoms. The minimum atomic E-state index is -5.08. The Balaban J connectivity index is 1.78. The molecule has 3 aromatic rings. The molecule has 47 heavy (non-hydrogen) atoms. The second-order valence-corrected chi connectivity index (χ2v) is 10.8. The van der Waals surface area contributed by atoms with Crippen molar-refractivity contribution < 1.29 is 54.9 Å². The van der Waals surface area contributed by atoms with Gasteiger partial charge in [0.1, 0.15) is 5.75 Å². The van der Waals surface area contributed by atoms with Crippen molar-refractivity contribution in [2.45, 2.75) is 64.3 Å². The third kappa shape index (κ3) is 8.28. The first-order chi connectivity index (χ1) is 22.2. The van der Waals surface area contributed by atoms with Crippen LogP contribution < -0.4 is 9.64 Å². The number of alkyl halides is 6. The van der Waals surface area contributed by atoms with Crippen LogP contribution in [0.2, 0.25) is 0 Å². The second-order valence-electron chi connectivity index (χ2n) is 10.8. The quantitative estimate of drug-likeness (QED) is 0.178. The van der Waals surface area contributed by atoms with Crippen LogP contribution >= 0.6 is 0 Å². The van der Waals surface area contributed by atoms with Gasteiger partial charge in [-0.1, -0.05) is 0 Å². The van der Waals surface area contributed by atoms with Crippen molar-refractivity contribution in [3.05, 3.63) is 76.4 Å². The van der Waals surface area contributed by atoms with Gasteiger partial charge in [0.2, 0.25) is 0 Å². The molecule has 1 aliphatic heterocycles. The molecule has 0 spiro atoms. The molecule has 10 nitrogen and oxygen atoms in total. The van der Waals surface area contributed by atoms with Gasteiger partial charge in [-0.05, 0) is 56.2 Å². The molecule has 0 saturated heterocycles. The maximum absolute atomic E-state index is 13.6. The monoisotopic (exact) mass is 672 g/mol. The van der Waals surface area contributed by atoms with Crippen LogP contribution in [0.4, 0.5) is 41.6 Å². The molecule has 2 heterocycles.